The Kier molecular flexibility index (Phi) is 45.3. The van der Waals surface area contributed by atoms with Crippen molar-refractivity contribution in [2.75, 3.05) is 41.0 Å². The molecule has 0 spiro atoms. The molecule has 8 heteroatoms. The summed E-state index contributed by atoms with van der Waals surface area (Å²) in [5.74, 6) is -1.74. The lowest BCUT2D eigenvalue weighted by molar-refractivity contribution is -0.889. The molecule has 0 amide bonds. The van der Waals surface area contributed by atoms with Gasteiger partial charge in [-0.3, -0.25) is 9.59 Å². The van der Waals surface area contributed by atoms with E-state index in [0.29, 0.717) is 12.8 Å². The van der Waals surface area contributed by atoms with Gasteiger partial charge >= 0.3 is 11.9 Å². The second-order valence-corrected chi connectivity index (χ2v) is 19.5. The van der Waals surface area contributed by atoms with Crippen molar-refractivity contribution in [3.8, 4) is 0 Å². The van der Waals surface area contributed by atoms with E-state index in [1.54, 1.807) is 21.1 Å². The number of hydrogen-bond donors (Lipinski definition) is 0. The van der Waals surface area contributed by atoms with E-state index in [9.17, 15) is 19.5 Å². The van der Waals surface area contributed by atoms with Gasteiger partial charge in [0.2, 0.25) is 0 Å². The third-order valence-corrected chi connectivity index (χ3v) is 12.2. The fraction of sp³-hybridized carbons (Fsp3) is 0.839. The summed E-state index contributed by atoms with van der Waals surface area (Å²) in [6.07, 6.45) is 56.1. The van der Waals surface area contributed by atoms with Crippen LogP contribution in [0.1, 0.15) is 251 Å². The fourth-order valence-electron chi connectivity index (χ4n) is 8.04. The molecule has 0 aliphatic carbocycles. The number of carbonyl (C=O) groups excluding carboxylic acids is 3. The topological polar surface area (TPSA) is 102 Å². The SMILES string of the molecule is CCCCC/C=C/C/C=C/CCCCCCCCCC(=O)OCC(COCCC(C(=O)[O-])[N+](C)(C)C)OC(=O)CCCCCCCCC/C=C/CCCCCCCCCCCCCC. The van der Waals surface area contributed by atoms with Crippen molar-refractivity contribution in [3.05, 3.63) is 36.5 Å². The molecular weight excluding hydrogens is 799 g/mol. The van der Waals surface area contributed by atoms with Crippen molar-refractivity contribution < 1.29 is 38.2 Å². The monoisotopic (exact) mass is 902 g/mol. The van der Waals surface area contributed by atoms with E-state index in [1.165, 1.54) is 167 Å². The summed E-state index contributed by atoms with van der Waals surface area (Å²) in [7, 11) is 5.42. The lowest BCUT2D eigenvalue weighted by Gasteiger charge is -2.34. The predicted molar refractivity (Wildman–Crippen MR) is 268 cm³/mol. The van der Waals surface area contributed by atoms with Crippen molar-refractivity contribution in [2.45, 2.75) is 264 Å². The molecule has 0 saturated heterocycles. The Morgan fingerprint density at radius 2 is 0.828 bits per heavy atom. The zero-order chi connectivity index (χ0) is 47.0. The number of carboxylic acids is 1. The van der Waals surface area contributed by atoms with E-state index in [4.69, 9.17) is 14.2 Å². The zero-order valence-electron chi connectivity index (χ0n) is 42.7. The Labute approximate surface area is 395 Å². The lowest BCUT2D eigenvalue weighted by Crippen LogP contribution is -2.55. The van der Waals surface area contributed by atoms with Crippen LogP contribution in [-0.2, 0) is 28.6 Å². The third kappa shape index (κ3) is 44.7. The molecule has 0 saturated carbocycles. The Balaban J connectivity index is 4.21. The quantitative estimate of drug-likeness (QED) is 0.0259. The van der Waals surface area contributed by atoms with Crippen molar-refractivity contribution >= 4 is 17.9 Å². The van der Waals surface area contributed by atoms with Crippen LogP contribution >= 0.6 is 0 Å². The van der Waals surface area contributed by atoms with Gasteiger partial charge in [0.1, 0.15) is 12.6 Å². The van der Waals surface area contributed by atoms with Crippen LogP contribution in [0.25, 0.3) is 0 Å². The molecule has 2 unspecified atom stereocenters. The molecule has 0 aromatic rings. The molecule has 0 aromatic carbocycles. The Bertz CT molecular complexity index is 1140. The van der Waals surface area contributed by atoms with Gasteiger partial charge in [-0.1, -0.05) is 198 Å². The Morgan fingerprint density at radius 3 is 1.25 bits per heavy atom. The van der Waals surface area contributed by atoms with E-state index in [2.05, 4.69) is 50.3 Å². The molecule has 0 heterocycles. The smallest absolute Gasteiger partial charge is 0.306 e. The minimum Gasteiger partial charge on any atom is -0.544 e. The second-order valence-electron chi connectivity index (χ2n) is 19.5. The molecule has 64 heavy (non-hydrogen) atoms. The number of rotatable bonds is 49. The molecule has 0 rings (SSSR count). The number of allylic oxidation sites excluding steroid dienone is 6. The van der Waals surface area contributed by atoms with Crippen LogP contribution in [0.5, 0.6) is 0 Å². The highest BCUT2D eigenvalue weighted by Gasteiger charge is 2.25. The van der Waals surface area contributed by atoms with E-state index in [0.717, 1.165) is 51.4 Å². The standard InChI is InChI=1S/C56H103NO7/c1-6-8-10-12-14-16-18-20-22-24-25-26-27-28-29-31-33-35-37-39-41-43-45-47-55(59)64-52(50-62-49-48-53(56(60)61)57(3,4)5)51-63-54(58)46-44-42-40-38-36-34-32-30-23-21-19-17-15-13-11-9-7-2/h15,17,21,23,28-29,52-53H,6-14,16,18-20,22,24-27,30-51H2,1-5H3/b17-15+,23-21+,29-28+. The first kappa shape index (κ1) is 61.5. The number of hydrogen-bond acceptors (Lipinski definition) is 7. The first-order valence-electron chi connectivity index (χ1n) is 27.0. The van der Waals surface area contributed by atoms with Gasteiger partial charge in [-0.2, -0.15) is 0 Å². The Morgan fingerprint density at radius 1 is 0.469 bits per heavy atom. The molecule has 0 radical (unpaired) electrons. The van der Waals surface area contributed by atoms with E-state index < -0.39 is 18.1 Å². The van der Waals surface area contributed by atoms with E-state index in [-0.39, 0.29) is 42.7 Å². The lowest BCUT2D eigenvalue weighted by atomic mass is 10.0. The van der Waals surface area contributed by atoms with Crippen LogP contribution in [0.4, 0.5) is 0 Å². The fourth-order valence-corrected chi connectivity index (χ4v) is 8.04. The first-order valence-corrected chi connectivity index (χ1v) is 27.0. The molecule has 374 valence electrons. The first-order chi connectivity index (χ1) is 31.1. The number of aliphatic carboxylic acids is 1. The summed E-state index contributed by atoms with van der Waals surface area (Å²) < 4.78 is 17.3. The highest BCUT2D eigenvalue weighted by atomic mass is 16.6. The van der Waals surface area contributed by atoms with Crippen LogP contribution < -0.4 is 5.11 Å². The largest absolute Gasteiger partial charge is 0.544 e. The molecule has 0 fully saturated rings. The highest BCUT2D eigenvalue weighted by Crippen LogP contribution is 2.16. The summed E-state index contributed by atoms with van der Waals surface area (Å²) in [4.78, 5) is 37.1. The predicted octanol–water partition coefficient (Wildman–Crippen LogP) is 14.4. The van der Waals surface area contributed by atoms with E-state index in [1.807, 2.05) is 0 Å². The number of nitrogens with zero attached hydrogens (tertiary/aromatic N) is 1. The summed E-state index contributed by atoms with van der Waals surface area (Å²) in [5, 5.41) is 11.7. The van der Waals surface area contributed by atoms with Gasteiger partial charge in [-0.25, -0.2) is 0 Å². The van der Waals surface area contributed by atoms with Gasteiger partial charge in [-0.05, 0) is 70.6 Å². The van der Waals surface area contributed by atoms with E-state index >= 15 is 0 Å². The molecule has 0 aromatic heterocycles. The molecule has 0 bridgehead atoms. The zero-order valence-corrected chi connectivity index (χ0v) is 42.7. The number of ether oxygens (including phenoxy) is 3. The number of unbranched alkanes of at least 4 members (excludes halogenated alkanes) is 29. The van der Waals surface area contributed by atoms with Gasteiger partial charge < -0.3 is 28.6 Å². The van der Waals surface area contributed by atoms with Gasteiger partial charge in [0.15, 0.2) is 6.10 Å². The van der Waals surface area contributed by atoms with Crippen molar-refractivity contribution in [3.63, 3.8) is 0 Å². The van der Waals surface area contributed by atoms with Crippen LogP contribution in [-0.4, -0.2) is 75.5 Å². The summed E-state index contributed by atoms with van der Waals surface area (Å²) in [6.45, 7) is 4.66. The summed E-state index contributed by atoms with van der Waals surface area (Å²) in [6, 6.07) is -0.728. The number of esters is 2. The Hall–Kier alpha value is -2.45. The van der Waals surface area contributed by atoms with Gasteiger partial charge in [0.05, 0.1) is 40.3 Å². The second kappa shape index (κ2) is 47.1. The maximum Gasteiger partial charge on any atom is 0.306 e. The molecular formula is C56H103NO7. The van der Waals surface area contributed by atoms with Crippen LogP contribution in [0.3, 0.4) is 0 Å². The summed E-state index contributed by atoms with van der Waals surface area (Å²) in [5.41, 5.74) is 0. The van der Waals surface area contributed by atoms with Gasteiger partial charge in [0, 0.05) is 19.3 Å². The molecule has 0 aliphatic rings. The molecule has 0 aliphatic heterocycles. The number of carboxylic acid groups (broad SMARTS) is 1. The van der Waals surface area contributed by atoms with Crippen molar-refractivity contribution in [1.29, 1.82) is 0 Å². The molecule has 2 atom stereocenters. The minimum atomic E-state index is -1.12. The summed E-state index contributed by atoms with van der Waals surface area (Å²) >= 11 is 0. The molecule has 0 N–H and O–H groups in total. The van der Waals surface area contributed by atoms with Crippen molar-refractivity contribution in [2.24, 2.45) is 0 Å². The normalized spacial score (nSPS) is 13.1. The van der Waals surface area contributed by atoms with Gasteiger partial charge in [0.25, 0.3) is 0 Å². The molecule has 8 nitrogen and oxygen atoms in total. The van der Waals surface area contributed by atoms with Crippen molar-refractivity contribution in [1.82, 2.24) is 0 Å². The maximum atomic E-state index is 12.8. The highest BCUT2D eigenvalue weighted by molar-refractivity contribution is 5.70. The average molecular weight is 902 g/mol. The van der Waals surface area contributed by atoms with Crippen LogP contribution in [0.15, 0.2) is 36.5 Å². The minimum absolute atomic E-state index is 0.0382. The maximum absolute atomic E-state index is 12.8. The van der Waals surface area contributed by atoms with Crippen LogP contribution in [0.2, 0.25) is 0 Å². The number of quaternary nitrogens is 1. The average Bonchev–Trinajstić information content (AvgIpc) is 3.26. The number of likely N-dealkylation sites (N-methyl/N-ethyl adjacent to an activating group) is 1. The third-order valence-electron chi connectivity index (χ3n) is 12.2. The number of carbonyl (C=O) groups is 3. The van der Waals surface area contributed by atoms with Gasteiger partial charge in [-0.15, -0.1) is 0 Å². The van der Waals surface area contributed by atoms with Crippen LogP contribution in [0, 0.1) is 0 Å².